The van der Waals surface area contributed by atoms with Gasteiger partial charge in [0.2, 0.25) is 0 Å². The van der Waals surface area contributed by atoms with E-state index < -0.39 is 0 Å². The summed E-state index contributed by atoms with van der Waals surface area (Å²) in [5, 5.41) is 0. The molecule has 2 nitrogen and oxygen atoms in total. The topological polar surface area (TPSA) is 35.2 Å². The second-order valence-electron chi connectivity index (χ2n) is 2.64. The van der Waals surface area contributed by atoms with Gasteiger partial charge in [0.05, 0.1) is 6.10 Å². The van der Waals surface area contributed by atoms with Gasteiger partial charge in [-0.05, 0) is 20.3 Å². The van der Waals surface area contributed by atoms with Crippen LogP contribution in [-0.4, -0.2) is 18.8 Å². The molecule has 0 aromatic carbocycles. The van der Waals surface area contributed by atoms with E-state index in [1.165, 1.54) is 0 Å². The lowest BCUT2D eigenvalue weighted by Gasteiger charge is -2.19. The Labute approximate surface area is 63.7 Å². The van der Waals surface area contributed by atoms with Gasteiger partial charge in [-0.2, -0.15) is 0 Å². The number of hydrogen-bond acceptors (Lipinski definition) is 2. The third kappa shape index (κ3) is 3.85. The second kappa shape index (κ2) is 5.69. The molecule has 0 aromatic rings. The Kier molecular flexibility index (Phi) is 5.64. The van der Waals surface area contributed by atoms with Crippen molar-refractivity contribution in [3.8, 4) is 0 Å². The Morgan fingerprint density at radius 3 is 2.30 bits per heavy atom. The SMILES string of the molecule is CCCC(OCC)C(C)N. The van der Waals surface area contributed by atoms with Gasteiger partial charge >= 0.3 is 0 Å². The molecule has 0 aromatic heterocycles. The standard InChI is InChI=1S/C8H19NO/c1-4-6-8(7(3)9)10-5-2/h7-8H,4-6,9H2,1-3H3. The molecule has 2 heteroatoms. The Hall–Kier alpha value is -0.0800. The highest BCUT2D eigenvalue weighted by Gasteiger charge is 2.11. The molecule has 0 radical (unpaired) electrons. The van der Waals surface area contributed by atoms with Gasteiger partial charge in [-0.15, -0.1) is 0 Å². The summed E-state index contributed by atoms with van der Waals surface area (Å²) in [5.74, 6) is 0. The van der Waals surface area contributed by atoms with Gasteiger partial charge < -0.3 is 10.5 Å². The van der Waals surface area contributed by atoms with Crippen molar-refractivity contribution in [1.29, 1.82) is 0 Å². The summed E-state index contributed by atoms with van der Waals surface area (Å²) in [6.45, 7) is 6.92. The molecule has 0 aliphatic carbocycles. The predicted molar refractivity (Wildman–Crippen MR) is 44.0 cm³/mol. The van der Waals surface area contributed by atoms with E-state index in [4.69, 9.17) is 10.5 Å². The van der Waals surface area contributed by atoms with Crippen molar-refractivity contribution >= 4 is 0 Å². The van der Waals surface area contributed by atoms with Crippen LogP contribution in [0.15, 0.2) is 0 Å². The molecule has 0 aliphatic rings. The molecular formula is C8H19NO. The maximum absolute atomic E-state index is 5.68. The van der Waals surface area contributed by atoms with Crippen molar-refractivity contribution < 1.29 is 4.74 Å². The minimum Gasteiger partial charge on any atom is -0.377 e. The fourth-order valence-corrected chi connectivity index (χ4v) is 0.997. The molecule has 0 spiro atoms. The van der Waals surface area contributed by atoms with Gasteiger partial charge in [0.15, 0.2) is 0 Å². The van der Waals surface area contributed by atoms with Gasteiger partial charge in [-0.1, -0.05) is 13.3 Å². The maximum Gasteiger partial charge on any atom is 0.0722 e. The molecule has 0 bridgehead atoms. The zero-order chi connectivity index (χ0) is 7.98. The van der Waals surface area contributed by atoms with Crippen molar-refractivity contribution in [3.63, 3.8) is 0 Å². The first kappa shape index (κ1) is 9.92. The lowest BCUT2D eigenvalue weighted by molar-refractivity contribution is 0.0419. The van der Waals surface area contributed by atoms with E-state index in [-0.39, 0.29) is 12.1 Å². The molecule has 62 valence electrons. The molecular weight excluding hydrogens is 126 g/mol. The monoisotopic (exact) mass is 145 g/mol. The molecule has 0 aliphatic heterocycles. The van der Waals surface area contributed by atoms with Crippen molar-refractivity contribution in [1.82, 2.24) is 0 Å². The molecule has 0 heterocycles. The van der Waals surface area contributed by atoms with Crippen LogP contribution in [0.3, 0.4) is 0 Å². The summed E-state index contributed by atoms with van der Waals surface area (Å²) in [5.41, 5.74) is 5.68. The molecule has 0 saturated carbocycles. The van der Waals surface area contributed by atoms with Crippen LogP contribution in [0.1, 0.15) is 33.6 Å². The lowest BCUT2D eigenvalue weighted by Crippen LogP contribution is -2.33. The third-order valence-electron chi connectivity index (χ3n) is 1.54. The quantitative estimate of drug-likeness (QED) is 0.637. The van der Waals surface area contributed by atoms with E-state index in [1.807, 2.05) is 13.8 Å². The molecule has 2 unspecified atom stereocenters. The summed E-state index contributed by atoms with van der Waals surface area (Å²) in [4.78, 5) is 0. The van der Waals surface area contributed by atoms with E-state index in [9.17, 15) is 0 Å². The molecule has 2 N–H and O–H groups in total. The van der Waals surface area contributed by atoms with Crippen LogP contribution in [0.4, 0.5) is 0 Å². The average Bonchev–Trinajstić information content (AvgIpc) is 1.87. The fraction of sp³-hybridized carbons (Fsp3) is 1.00. The van der Waals surface area contributed by atoms with Gasteiger partial charge in [0.25, 0.3) is 0 Å². The Morgan fingerprint density at radius 1 is 1.40 bits per heavy atom. The van der Waals surface area contributed by atoms with Crippen LogP contribution in [0.25, 0.3) is 0 Å². The van der Waals surface area contributed by atoms with Gasteiger partial charge in [0, 0.05) is 12.6 Å². The van der Waals surface area contributed by atoms with Gasteiger partial charge in [0.1, 0.15) is 0 Å². The van der Waals surface area contributed by atoms with Gasteiger partial charge in [-0.3, -0.25) is 0 Å². The highest BCUT2D eigenvalue weighted by atomic mass is 16.5. The largest absolute Gasteiger partial charge is 0.377 e. The minimum absolute atomic E-state index is 0.167. The summed E-state index contributed by atoms with van der Waals surface area (Å²) < 4.78 is 5.42. The van der Waals surface area contributed by atoms with Crippen molar-refractivity contribution in [2.45, 2.75) is 45.8 Å². The van der Waals surface area contributed by atoms with Crippen LogP contribution in [0, 0.1) is 0 Å². The Bertz CT molecular complexity index is 67.7. The number of rotatable bonds is 5. The summed E-state index contributed by atoms with van der Waals surface area (Å²) in [7, 11) is 0. The Balaban J connectivity index is 3.50. The molecule has 2 atom stereocenters. The number of hydrogen-bond donors (Lipinski definition) is 1. The number of ether oxygens (including phenoxy) is 1. The van der Waals surface area contributed by atoms with E-state index in [1.54, 1.807) is 0 Å². The molecule has 0 rings (SSSR count). The minimum atomic E-state index is 0.167. The second-order valence-corrected chi connectivity index (χ2v) is 2.64. The zero-order valence-corrected chi connectivity index (χ0v) is 7.26. The first-order chi connectivity index (χ1) is 4.72. The first-order valence-electron chi connectivity index (χ1n) is 4.09. The van der Waals surface area contributed by atoms with Gasteiger partial charge in [-0.25, -0.2) is 0 Å². The smallest absolute Gasteiger partial charge is 0.0722 e. The molecule has 0 saturated heterocycles. The Morgan fingerprint density at radius 2 is 2.00 bits per heavy atom. The fourth-order valence-electron chi connectivity index (χ4n) is 0.997. The van der Waals surface area contributed by atoms with Crippen LogP contribution in [0.2, 0.25) is 0 Å². The summed E-state index contributed by atoms with van der Waals surface area (Å²) in [6, 6.07) is 0.167. The average molecular weight is 145 g/mol. The van der Waals surface area contributed by atoms with Crippen molar-refractivity contribution in [3.05, 3.63) is 0 Å². The highest BCUT2D eigenvalue weighted by Crippen LogP contribution is 2.04. The van der Waals surface area contributed by atoms with Crippen LogP contribution < -0.4 is 5.73 Å². The van der Waals surface area contributed by atoms with Crippen LogP contribution in [-0.2, 0) is 4.74 Å². The molecule has 0 fully saturated rings. The normalized spacial score (nSPS) is 16.8. The lowest BCUT2D eigenvalue weighted by atomic mass is 10.1. The molecule has 0 amide bonds. The van der Waals surface area contributed by atoms with Crippen LogP contribution in [0.5, 0.6) is 0 Å². The van der Waals surface area contributed by atoms with Crippen molar-refractivity contribution in [2.75, 3.05) is 6.61 Å². The summed E-state index contributed by atoms with van der Waals surface area (Å²) >= 11 is 0. The van der Waals surface area contributed by atoms with E-state index >= 15 is 0 Å². The zero-order valence-electron chi connectivity index (χ0n) is 7.26. The predicted octanol–water partition coefficient (Wildman–Crippen LogP) is 1.54. The molecule has 10 heavy (non-hydrogen) atoms. The number of nitrogens with two attached hydrogens (primary N) is 1. The van der Waals surface area contributed by atoms with Crippen molar-refractivity contribution in [2.24, 2.45) is 5.73 Å². The highest BCUT2D eigenvalue weighted by molar-refractivity contribution is 4.67. The van der Waals surface area contributed by atoms with E-state index in [0.717, 1.165) is 19.4 Å². The first-order valence-corrected chi connectivity index (χ1v) is 4.09. The van der Waals surface area contributed by atoms with E-state index in [0.29, 0.717) is 0 Å². The van der Waals surface area contributed by atoms with Crippen LogP contribution >= 0.6 is 0 Å². The summed E-state index contributed by atoms with van der Waals surface area (Å²) in [6.07, 6.45) is 2.48. The van der Waals surface area contributed by atoms with E-state index in [2.05, 4.69) is 6.92 Å². The third-order valence-corrected chi connectivity index (χ3v) is 1.54. The maximum atomic E-state index is 5.68.